The van der Waals surface area contributed by atoms with Crippen molar-refractivity contribution in [3.05, 3.63) is 47.0 Å². The smallest absolute Gasteiger partial charge is 0.323 e. The molecule has 18 heavy (non-hydrogen) atoms. The summed E-state index contributed by atoms with van der Waals surface area (Å²) < 4.78 is 19.0. The summed E-state index contributed by atoms with van der Waals surface area (Å²) in [6.07, 6.45) is 0. The zero-order valence-corrected chi connectivity index (χ0v) is 9.94. The van der Waals surface area contributed by atoms with Gasteiger partial charge in [-0.1, -0.05) is 12.1 Å². The van der Waals surface area contributed by atoms with Crippen LogP contribution in [0.15, 0.2) is 24.3 Å². The minimum atomic E-state index is -0.457. The number of hydrogen-bond donors (Lipinski definition) is 0. The monoisotopic (exact) mass is 243 g/mol. The van der Waals surface area contributed by atoms with E-state index in [9.17, 15) is 4.39 Å². The second-order valence-corrected chi connectivity index (χ2v) is 3.78. The SMILES string of the molecule is Cc1cc(C#N)nc(Oc2cccc(C)c2F)n1. The maximum Gasteiger partial charge on any atom is 0.323 e. The largest absolute Gasteiger partial charge is 0.421 e. The third-order valence-electron chi connectivity index (χ3n) is 2.31. The average molecular weight is 243 g/mol. The van der Waals surface area contributed by atoms with E-state index in [1.165, 1.54) is 12.1 Å². The van der Waals surface area contributed by atoms with E-state index in [1.807, 2.05) is 6.07 Å². The molecule has 0 saturated carbocycles. The van der Waals surface area contributed by atoms with Crippen molar-refractivity contribution < 1.29 is 9.13 Å². The Kier molecular flexibility index (Phi) is 3.20. The number of aromatic nitrogens is 2. The molecule has 0 aliphatic heterocycles. The highest BCUT2D eigenvalue weighted by atomic mass is 19.1. The van der Waals surface area contributed by atoms with Crippen LogP contribution in [0.5, 0.6) is 11.8 Å². The molecule has 0 saturated heterocycles. The van der Waals surface area contributed by atoms with Crippen LogP contribution in [0.3, 0.4) is 0 Å². The van der Waals surface area contributed by atoms with Crippen LogP contribution in [-0.2, 0) is 0 Å². The summed E-state index contributed by atoms with van der Waals surface area (Å²) in [5.74, 6) is -0.411. The third kappa shape index (κ3) is 2.43. The van der Waals surface area contributed by atoms with Crippen molar-refractivity contribution in [2.75, 3.05) is 0 Å². The first-order valence-electron chi connectivity index (χ1n) is 5.29. The number of halogens is 1. The van der Waals surface area contributed by atoms with Gasteiger partial charge in [-0.2, -0.15) is 10.2 Å². The highest BCUT2D eigenvalue weighted by Gasteiger charge is 2.10. The fraction of sp³-hybridized carbons (Fsp3) is 0.154. The van der Waals surface area contributed by atoms with E-state index in [1.54, 1.807) is 26.0 Å². The minimum Gasteiger partial charge on any atom is -0.421 e. The summed E-state index contributed by atoms with van der Waals surface area (Å²) in [5.41, 5.74) is 1.25. The molecule has 4 nitrogen and oxygen atoms in total. The number of rotatable bonds is 2. The van der Waals surface area contributed by atoms with Crippen molar-refractivity contribution in [1.29, 1.82) is 5.26 Å². The molecule has 5 heteroatoms. The highest BCUT2D eigenvalue weighted by molar-refractivity contribution is 5.33. The zero-order valence-electron chi connectivity index (χ0n) is 9.94. The first-order valence-corrected chi connectivity index (χ1v) is 5.29. The number of ether oxygens (including phenoxy) is 1. The van der Waals surface area contributed by atoms with Crippen LogP contribution in [0.4, 0.5) is 4.39 Å². The lowest BCUT2D eigenvalue weighted by atomic mass is 10.2. The molecule has 2 rings (SSSR count). The van der Waals surface area contributed by atoms with Gasteiger partial charge in [-0.3, -0.25) is 0 Å². The van der Waals surface area contributed by atoms with Crippen molar-refractivity contribution in [3.8, 4) is 17.8 Å². The number of aryl methyl sites for hydroxylation is 2. The van der Waals surface area contributed by atoms with E-state index < -0.39 is 5.82 Å². The number of benzene rings is 1. The molecule has 0 atom stereocenters. The molecule has 0 fully saturated rings. The molecule has 0 amide bonds. The predicted molar refractivity (Wildman–Crippen MR) is 62.7 cm³/mol. The summed E-state index contributed by atoms with van der Waals surface area (Å²) in [5, 5.41) is 8.78. The quantitative estimate of drug-likeness (QED) is 0.813. The van der Waals surface area contributed by atoms with E-state index in [4.69, 9.17) is 10.00 Å². The first-order chi connectivity index (χ1) is 8.60. The summed E-state index contributed by atoms with van der Waals surface area (Å²) in [6.45, 7) is 3.35. The fourth-order valence-corrected chi connectivity index (χ4v) is 1.44. The van der Waals surface area contributed by atoms with Crippen LogP contribution in [0, 0.1) is 31.0 Å². The van der Waals surface area contributed by atoms with E-state index in [2.05, 4.69) is 9.97 Å². The maximum atomic E-state index is 13.7. The van der Waals surface area contributed by atoms with Gasteiger partial charge in [-0.15, -0.1) is 0 Å². The summed E-state index contributed by atoms with van der Waals surface area (Å²) in [6, 6.07) is 8.19. The van der Waals surface area contributed by atoms with Gasteiger partial charge in [-0.25, -0.2) is 9.37 Å². The van der Waals surface area contributed by atoms with E-state index in [-0.39, 0.29) is 17.5 Å². The maximum absolute atomic E-state index is 13.7. The van der Waals surface area contributed by atoms with Gasteiger partial charge in [0.2, 0.25) is 0 Å². The topological polar surface area (TPSA) is 58.8 Å². The van der Waals surface area contributed by atoms with E-state index in [0.29, 0.717) is 11.3 Å². The molecule has 1 aromatic carbocycles. The van der Waals surface area contributed by atoms with Crippen molar-refractivity contribution in [2.45, 2.75) is 13.8 Å². The normalized spacial score (nSPS) is 9.89. The summed E-state index contributed by atoms with van der Waals surface area (Å²) in [4.78, 5) is 7.85. The van der Waals surface area contributed by atoms with Gasteiger partial charge in [-0.05, 0) is 31.5 Å². The molecule has 1 heterocycles. The molecule has 0 aliphatic carbocycles. The van der Waals surface area contributed by atoms with E-state index >= 15 is 0 Å². The van der Waals surface area contributed by atoms with Crippen LogP contribution in [0.1, 0.15) is 17.0 Å². The lowest BCUT2D eigenvalue weighted by Gasteiger charge is -2.07. The molecule has 0 aliphatic rings. The summed E-state index contributed by atoms with van der Waals surface area (Å²) in [7, 11) is 0. The van der Waals surface area contributed by atoms with Crippen LogP contribution >= 0.6 is 0 Å². The van der Waals surface area contributed by atoms with Crippen molar-refractivity contribution in [2.24, 2.45) is 0 Å². The predicted octanol–water partition coefficient (Wildman–Crippen LogP) is 2.90. The Morgan fingerprint density at radius 3 is 2.78 bits per heavy atom. The van der Waals surface area contributed by atoms with Gasteiger partial charge in [0.15, 0.2) is 11.6 Å². The van der Waals surface area contributed by atoms with Crippen molar-refractivity contribution in [1.82, 2.24) is 9.97 Å². The average Bonchev–Trinajstić information content (AvgIpc) is 2.34. The van der Waals surface area contributed by atoms with Crippen LogP contribution in [-0.4, -0.2) is 9.97 Å². The Balaban J connectivity index is 2.37. The van der Waals surface area contributed by atoms with Gasteiger partial charge < -0.3 is 4.74 Å². The van der Waals surface area contributed by atoms with Crippen LogP contribution in [0.2, 0.25) is 0 Å². The Bertz CT molecular complexity index is 635. The number of hydrogen-bond acceptors (Lipinski definition) is 4. The molecule has 0 unspecified atom stereocenters. The number of nitrogens with zero attached hydrogens (tertiary/aromatic N) is 3. The minimum absolute atomic E-state index is 0.0314. The van der Waals surface area contributed by atoms with Crippen molar-refractivity contribution >= 4 is 0 Å². The van der Waals surface area contributed by atoms with Gasteiger partial charge in [0.1, 0.15) is 11.8 Å². The standard InChI is InChI=1S/C13H10FN3O/c1-8-4-3-5-11(12(8)14)18-13-16-9(2)6-10(7-15)17-13/h3-6H,1-2H3. The van der Waals surface area contributed by atoms with Crippen LogP contribution < -0.4 is 4.74 Å². The molecule has 0 bridgehead atoms. The molecule has 0 spiro atoms. The second kappa shape index (κ2) is 4.80. The van der Waals surface area contributed by atoms with Gasteiger partial charge in [0, 0.05) is 5.69 Å². The zero-order chi connectivity index (χ0) is 13.1. The van der Waals surface area contributed by atoms with Gasteiger partial charge >= 0.3 is 6.01 Å². The molecule has 2 aromatic rings. The third-order valence-corrected chi connectivity index (χ3v) is 2.31. The molecular weight excluding hydrogens is 233 g/mol. The highest BCUT2D eigenvalue weighted by Crippen LogP contribution is 2.24. The molecule has 1 aromatic heterocycles. The molecule has 90 valence electrons. The van der Waals surface area contributed by atoms with Gasteiger partial charge in [0.25, 0.3) is 0 Å². The Labute approximate surface area is 104 Å². The fourth-order valence-electron chi connectivity index (χ4n) is 1.44. The molecule has 0 N–H and O–H groups in total. The van der Waals surface area contributed by atoms with Crippen LogP contribution in [0.25, 0.3) is 0 Å². The lowest BCUT2D eigenvalue weighted by molar-refractivity contribution is 0.408. The first kappa shape index (κ1) is 12.0. The number of nitriles is 1. The van der Waals surface area contributed by atoms with E-state index in [0.717, 1.165) is 0 Å². The lowest BCUT2D eigenvalue weighted by Crippen LogP contribution is -1.98. The Morgan fingerprint density at radius 2 is 2.06 bits per heavy atom. The molecular formula is C13H10FN3O. The Hall–Kier alpha value is -2.48. The Morgan fingerprint density at radius 1 is 1.28 bits per heavy atom. The molecule has 0 radical (unpaired) electrons. The summed E-state index contributed by atoms with van der Waals surface area (Å²) >= 11 is 0. The second-order valence-electron chi connectivity index (χ2n) is 3.78. The van der Waals surface area contributed by atoms with Crippen molar-refractivity contribution in [3.63, 3.8) is 0 Å². The van der Waals surface area contributed by atoms with Gasteiger partial charge in [0.05, 0.1) is 0 Å².